The number of aliphatic carboxylic acids is 1. The Morgan fingerprint density at radius 2 is 1.50 bits per heavy atom. The maximum Gasteiger partial charge on any atom is 0.303 e. The fourth-order valence-corrected chi connectivity index (χ4v) is 1.80. The van der Waals surface area contributed by atoms with Crippen LogP contribution in [0, 0.1) is 0 Å². The minimum Gasteiger partial charge on any atom is -0.481 e. The monoisotopic (exact) mass is 257 g/mol. The van der Waals surface area contributed by atoms with Crippen molar-refractivity contribution in [1.29, 1.82) is 0 Å². The number of hydrogen-bond acceptors (Lipinski definition) is 2. The third-order valence-electron chi connectivity index (χ3n) is 2.90. The second kappa shape index (κ2) is 12.4. The Labute approximate surface area is 110 Å². The number of carbonyl (C=O) groups is 2. The molecule has 0 aromatic carbocycles. The van der Waals surface area contributed by atoms with Crippen LogP contribution in [0.25, 0.3) is 0 Å². The minimum atomic E-state index is -0.838. The third kappa shape index (κ3) is 13.0. The average molecular weight is 257 g/mol. The van der Waals surface area contributed by atoms with Gasteiger partial charge in [0.1, 0.15) is 0 Å². The first-order valence-corrected chi connectivity index (χ1v) is 7.15. The summed E-state index contributed by atoms with van der Waals surface area (Å²) in [6, 6.07) is 0. The molecule has 2 N–H and O–H groups in total. The zero-order chi connectivity index (χ0) is 13.6. The van der Waals surface area contributed by atoms with Crippen LogP contribution < -0.4 is 5.32 Å². The first-order chi connectivity index (χ1) is 8.66. The molecule has 0 heterocycles. The van der Waals surface area contributed by atoms with Gasteiger partial charge in [0, 0.05) is 19.4 Å². The number of unbranched alkanes of at least 4 members (excludes halogenated alkanes) is 6. The first-order valence-electron chi connectivity index (χ1n) is 7.15. The molecule has 0 fully saturated rings. The highest BCUT2D eigenvalue weighted by Crippen LogP contribution is 2.06. The molecule has 0 atom stereocenters. The minimum absolute atomic E-state index is 0.0257. The van der Waals surface area contributed by atoms with Crippen molar-refractivity contribution in [3.63, 3.8) is 0 Å². The Kier molecular flexibility index (Phi) is 11.7. The molecular weight excluding hydrogens is 230 g/mol. The number of nitrogens with one attached hydrogen (secondary N) is 1. The highest BCUT2D eigenvalue weighted by Gasteiger charge is 2.02. The van der Waals surface area contributed by atoms with Crippen molar-refractivity contribution in [2.75, 3.05) is 6.54 Å². The van der Waals surface area contributed by atoms with Gasteiger partial charge in [0.25, 0.3) is 0 Å². The maximum absolute atomic E-state index is 11.3. The molecule has 0 aliphatic rings. The standard InChI is InChI=1S/C14H27NO3/c1-2-3-4-5-6-7-8-12-15-13(16)10-9-11-14(17)18/h2-12H2,1H3,(H,15,16)(H,17,18). The fraction of sp³-hybridized carbons (Fsp3) is 0.857. The largest absolute Gasteiger partial charge is 0.481 e. The Balaban J connectivity index is 3.17. The van der Waals surface area contributed by atoms with Crippen molar-refractivity contribution >= 4 is 11.9 Å². The lowest BCUT2D eigenvalue weighted by atomic mass is 10.1. The van der Waals surface area contributed by atoms with Gasteiger partial charge in [-0.2, -0.15) is 0 Å². The highest BCUT2D eigenvalue weighted by atomic mass is 16.4. The lowest BCUT2D eigenvalue weighted by Crippen LogP contribution is -2.24. The zero-order valence-corrected chi connectivity index (χ0v) is 11.5. The van der Waals surface area contributed by atoms with Crippen molar-refractivity contribution in [2.24, 2.45) is 0 Å². The lowest BCUT2D eigenvalue weighted by Gasteiger charge is -2.04. The summed E-state index contributed by atoms with van der Waals surface area (Å²) >= 11 is 0. The van der Waals surface area contributed by atoms with Crippen LogP contribution in [0.1, 0.15) is 71.1 Å². The molecule has 0 unspecified atom stereocenters. The summed E-state index contributed by atoms with van der Waals surface area (Å²) in [6.45, 7) is 2.93. The molecule has 18 heavy (non-hydrogen) atoms. The molecule has 0 aliphatic carbocycles. The lowest BCUT2D eigenvalue weighted by molar-refractivity contribution is -0.137. The highest BCUT2D eigenvalue weighted by molar-refractivity contribution is 5.76. The first kappa shape index (κ1) is 16.9. The quantitative estimate of drug-likeness (QED) is 0.528. The third-order valence-corrected chi connectivity index (χ3v) is 2.90. The van der Waals surface area contributed by atoms with Crippen LogP contribution in [0.4, 0.5) is 0 Å². The predicted octanol–water partition coefficient (Wildman–Crippen LogP) is 3.11. The molecule has 0 saturated heterocycles. The predicted molar refractivity (Wildman–Crippen MR) is 72.5 cm³/mol. The molecule has 106 valence electrons. The van der Waals surface area contributed by atoms with E-state index in [9.17, 15) is 9.59 Å². The molecule has 0 radical (unpaired) electrons. The van der Waals surface area contributed by atoms with E-state index in [4.69, 9.17) is 5.11 Å². The summed E-state index contributed by atoms with van der Waals surface area (Å²) in [5, 5.41) is 11.3. The molecule has 0 aromatic rings. The molecule has 0 spiro atoms. The SMILES string of the molecule is CCCCCCCCCNC(=O)CCCC(=O)O. The van der Waals surface area contributed by atoms with Crippen molar-refractivity contribution in [2.45, 2.75) is 71.1 Å². The molecular formula is C14H27NO3. The molecule has 0 aromatic heterocycles. The van der Waals surface area contributed by atoms with Crippen molar-refractivity contribution in [3.8, 4) is 0 Å². The molecule has 0 aliphatic heterocycles. The van der Waals surface area contributed by atoms with Crippen LogP contribution in [0.2, 0.25) is 0 Å². The summed E-state index contributed by atoms with van der Waals surface area (Å²) in [6.07, 6.45) is 9.46. The van der Waals surface area contributed by atoms with Crippen LogP contribution in [-0.2, 0) is 9.59 Å². The number of rotatable bonds is 12. The number of amides is 1. The Morgan fingerprint density at radius 3 is 2.11 bits per heavy atom. The van der Waals surface area contributed by atoms with Crippen LogP contribution in [0.5, 0.6) is 0 Å². The van der Waals surface area contributed by atoms with E-state index in [0.717, 1.165) is 13.0 Å². The van der Waals surface area contributed by atoms with Gasteiger partial charge in [-0.1, -0.05) is 45.4 Å². The van der Waals surface area contributed by atoms with E-state index in [2.05, 4.69) is 12.2 Å². The van der Waals surface area contributed by atoms with Crippen LogP contribution in [0.15, 0.2) is 0 Å². The molecule has 0 bridgehead atoms. The van der Waals surface area contributed by atoms with Gasteiger partial charge in [-0.05, 0) is 12.8 Å². The molecule has 1 amide bonds. The Morgan fingerprint density at radius 1 is 0.889 bits per heavy atom. The van der Waals surface area contributed by atoms with E-state index in [-0.39, 0.29) is 12.3 Å². The van der Waals surface area contributed by atoms with Gasteiger partial charge >= 0.3 is 5.97 Å². The smallest absolute Gasteiger partial charge is 0.303 e. The Bertz CT molecular complexity index is 229. The zero-order valence-electron chi connectivity index (χ0n) is 11.5. The molecule has 0 rings (SSSR count). The summed E-state index contributed by atoms with van der Waals surface area (Å²) in [5.74, 6) is -0.864. The van der Waals surface area contributed by atoms with Gasteiger partial charge in [0.15, 0.2) is 0 Å². The Hall–Kier alpha value is -1.06. The summed E-state index contributed by atoms with van der Waals surface area (Å²) in [4.78, 5) is 21.6. The number of hydrogen-bond donors (Lipinski definition) is 2. The van der Waals surface area contributed by atoms with Crippen molar-refractivity contribution in [3.05, 3.63) is 0 Å². The molecule has 4 nitrogen and oxygen atoms in total. The van der Waals surface area contributed by atoms with E-state index in [1.54, 1.807) is 0 Å². The van der Waals surface area contributed by atoms with Gasteiger partial charge in [-0.25, -0.2) is 0 Å². The van der Waals surface area contributed by atoms with E-state index in [1.165, 1.54) is 38.5 Å². The maximum atomic E-state index is 11.3. The van der Waals surface area contributed by atoms with E-state index in [0.29, 0.717) is 12.8 Å². The number of carboxylic acid groups (broad SMARTS) is 1. The van der Waals surface area contributed by atoms with Crippen LogP contribution in [0.3, 0.4) is 0 Å². The van der Waals surface area contributed by atoms with E-state index < -0.39 is 5.97 Å². The van der Waals surface area contributed by atoms with Gasteiger partial charge in [-0.3, -0.25) is 9.59 Å². The summed E-state index contributed by atoms with van der Waals surface area (Å²) < 4.78 is 0. The van der Waals surface area contributed by atoms with Gasteiger partial charge in [-0.15, -0.1) is 0 Å². The molecule has 0 saturated carbocycles. The summed E-state index contributed by atoms with van der Waals surface area (Å²) in [7, 11) is 0. The van der Waals surface area contributed by atoms with E-state index in [1.807, 2.05) is 0 Å². The van der Waals surface area contributed by atoms with E-state index >= 15 is 0 Å². The van der Waals surface area contributed by atoms with Crippen molar-refractivity contribution < 1.29 is 14.7 Å². The second-order valence-corrected chi connectivity index (χ2v) is 4.72. The second-order valence-electron chi connectivity index (χ2n) is 4.72. The fourth-order valence-electron chi connectivity index (χ4n) is 1.80. The number of carbonyl (C=O) groups excluding carboxylic acids is 1. The van der Waals surface area contributed by atoms with Crippen LogP contribution in [-0.4, -0.2) is 23.5 Å². The van der Waals surface area contributed by atoms with Gasteiger partial charge < -0.3 is 10.4 Å². The summed E-state index contributed by atoms with van der Waals surface area (Å²) in [5.41, 5.74) is 0. The normalized spacial score (nSPS) is 10.3. The average Bonchev–Trinajstić information content (AvgIpc) is 2.32. The molecule has 4 heteroatoms. The van der Waals surface area contributed by atoms with Gasteiger partial charge in [0.2, 0.25) is 5.91 Å². The van der Waals surface area contributed by atoms with Crippen LogP contribution >= 0.6 is 0 Å². The number of carboxylic acids is 1. The van der Waals surface area contributed by atoms with Crippen molar-refractivity contribution in [1.82, 2.24) is 5.32 Å². The topological polar surface area (TPSA) is 66.4 Å². The van der Waals surface area contributed by atoms with Gasteiger partial charge in [0.05, 0.1) is 0 Å².